The minimum atomic E-state index is -0.604. The van der Waals surface area contributed by atoms with E-state index in [2.05, 4.69) is 10.4 Å². The van der Waals surface area contributed by atoms with Crippen molar-refractivity contribution in [2.75, 3.05) is 20.3 Å². The molecule has 1 aromatic rings. The minimum Gasteiger partial charge on any atom is -0.383 e. The lowest BCUT2D eigenvalue weighted by Gasteiger charge is -2.10. The van der Waals surface area contributed by atoms with Gasteiger partial charge in [-0.05, 0) is 6.07 Å². The van der Waals surface area contributed by atoms with Crippen LogP contribution < -0.4 is 11.1 Å². The van der Waals surface area contributed by atoms with Crippen LogP contribution in [-0.4, -0.2) is 42.0 Å². The Balaban J connectivity index is 0.00000225. The molecule has 1 rings (SSSR count). The number of nitrogens with zero attached hydrogens (tertiary/aromatic N) is 2. The van der Waals surface area contributed by atoms with Crippen molar-refractivity contribution in [1.82, 2.24) is 15.1 Å². The van der Waals surface area contributed by atoms with Crippen molar-refractivity contribution in [2.45, 2.75) is 12.6 Å². The summed E-state index contributed by atoms with van der Waals surface area (Å²) in [6.45, 7) is 1.38. The standard InChI is InChI=1S/C9H16N4O2.ClH/c1-15-7-8(10)9(14)11-4-6-13-5-2-3-12-13;/h2-3,5,8H,4,6-7,10H2,1H3,(H,11,14);1H. The maximum Gasteiger partial charge on any atom is 0.239 e. The van der Waals surface area contributed by atoms with Gasteiger partial charge in [0.15, 0.2) is 0 Å². The lowest BCUT2D eigenvalue weighted by molar-refractivity contribution is -0.123. The second kappa shape index (κ2) is 8.09. The summed E-state index contributed by atoms with van der Waals surface area (Å²) in [7, 11) is 1.51. The van der Waals surface area contributed by atoms with Crippen LogP contribution in [0.3, 0.4) is 0 Å². The second-order valence-electron chi connectivity index (χ2n) is 3.12. The van der Waals surface area contributed by atoms with Crippen LogP contribution in [0.2, 0.25) is 0 Å². The van der Waals surface area contributed by atoms with Gasteiger partial charge in [-0.2, -0.15) is 5.10 Å². The molecular formula is C9H17ClN4O2. The van der Waals surface area contributed by atoms with Crippen molar-refractivity contribution in [2.24, 2.45) is 5.73 Å². The van der Waals surface area contributed by atoms with Crippen molar-refractivity contribution in [1.29, 1.82) is 0 Å². The van der Waals surface area contributed by atoms with Gasteiger partial charge in [0.25, 0.3) is 0 Å². The number of carbonyl (C=O) groups excluding carboxylic acids is 1. The van der Waals surface area contributed by atoms with Crippen molar-refractivity contribution in [3.05, 3.63) is 18.5 Å². The highest BCUT2D eigenvalue weighted by molar-refractivity contribution is 5.85. The van der Waals surface area contributed by atoms with Crippen molar-refractivity contribution in [3.8, 4) is 0 Å². The van der Waals surface area contributed by atoms with Crippen LogP contribution in [0.15, 0.2) is 18.5 Å². The summed E-state index contributed by atoms with van der Waals surface area (Å²) in [6.07, 6.45) is 3.53. The molecule has 0 bridgehead atoms. The molecule has 0 saturated heterocycles. The zero-order valence-corrected chi connectivity index (χ0v) is 9.94. The van der Waals surface area contributed by atoms with Gasteiger partial charge in [0, 0.05) is 26.0 Å². The van der Waals surface area contributed by atoms with Gasteiger partial charge in [0.05, 0.1) is 13.2 Å². The van der Waals surface area contributed by atoms with Gasteiger partial charge < -0.3 is 15.8 Å². The molecule has 0 fully saturated rings. The summed E-state index contributed by atoms with van der Waals surface area (Å²) < 4.78 is 6.51. The number of nitrogens with one attached hydrogen (secondary N) is 1. The summed E-state index contributed by atoms with van der Waals surface area (Å²) in [5.41, 5.74) is 5.53. The fraction of sp³-hybridized carbons (Fsp3) is 0.556. The molecule has 16 heavy (non-hydrogen) atoms. The molecule has 1 unspecified atom stereocenters. The first-order valence-electron chi connectivity index (χ1n) is 4.73. The average Bonchev–Trinajstić information content (AvgIpc) is 2.71. The quantitative estimate of drug-likeness (QED) is 0.704. The Hall–Kier alpha value is -1.11. The molecule has 0 aliphatic carbocycles. The maximum absolute atomic E-state index is 11.3. The van der Waals surface area contributed by atoms with E-state index < -0.39 is 6.04 Å². The Kier molecular flexibility index (Phi) is 7.53. The van der Waals surface area contributed by atoms with Gasteiger partial charge in [0.1, 0.15) is 6.04 Å². The van der Waals surface area contributed by atoms with E-state index in [0.717, 1.165) is 0 Å². The van der Waals surface area contributed by atoms with Gasteiger partial charge >= 0.3 is 0 Å². The molecule has 7 heteroatoms. The SMILES string of the molecule is COCC(N)C(=O)NCCn1cccn1.Cl. The van der Waals surface area contributed by atoms with Crippen LogP contribution in [0.5, 0.6) is 0 Å². The minimum absolute atomic E-state index is 0. The molecule has 92 valence electrons. The van der Waals surface area contributed by atoms with E-state index in [1.54, 1.807) is 10.9 Å². The molecule has 0 aromatic carbocycles. The van der Waals surface area contributed by atoms with Gasteiger partial charge in [-0.1, -0.05) is 0 Å². The zero-order valence-electron chi connectivity index (χ0n) is 9.13. The first-order chi connectivity index (χ1) is 7.24. The van der Waals surface area contributed by atoms with E-state index in [1.807, 2.05) is 12.3 Å². The molecule has 0 radical (unpaired) electrons. The molecule has 0 spiro atoms. The van der Waals surface area contributed by atoms with Gasteiger partial charge in [-0.3, -0.25) is 9.48 Å². The van der Waals surface area contributed by atoms with Crippen LogP contribution in [0.4, 0.5) is 0 Å². The molecule has 1 atom stereocenters. The molecule has 0 saturated carbocycles. The first-order valence-corrected chi connectivity index (χ1v) is 4.73. The highest BCUT2D eigenvalue weighted by Gasteiger charge is 2.11. The molecular weight excluding hydrogens is 232 g/mol. The number of nitrogens with two attached hydrogens (primary N) is 1. The van der Waals surface area contributed by atoms with Crippen LogP contribution in [0.1, 0.15) is 0 Å². The third-order valence-electron chi connectivity index (χ3n) is 1.88. The van der Waals surface area contributed by atoms with E-state index in [4.69, 9.17) is 10.5 Å². The topological polar surface area (TPSA) is 82.2 Å². The number of halogens is 1. The second-order valence-corrected chi connectivity index (χ2v) is 3.12. The maximum atomic E-state index is 11.3. The Labute approximate surface area is 101 Å². The van der Waals surface area contributed by atoms with E-state index in [0.29, 0.717) is 13.1 Å². The summed E-state index contributed by atoms with van der Waals surface area (Å²) in [4.78, 5) is 11.3. The number of methoxy groups -OCH3 is 1. The van der Waals surface area contributed by atoms with Crippen LogP contribution >= 0.6 is 12.4 Å². The highest BCUT2D eigenvalue weighted by Crippen LogP contribution is 1.84. The Morgan fingerprint density at radius 1 is 1.69 bits per heavy atom. The number of aromatic nitrogens is 2. The molecule has 0 aliphatic rings. The third kappa shape index (κ3) is 5.11. The summed E-state index contributed by atoms with van der Waals surface area (Å²) >= 11 is 0. The van der Waals surface area contributed by atoms with E-state index in [1.165, 1.54) is 7.11 Å². The first kappa shape index (κ1) is 14.9. The van der Waals surface area contributed by atoms with Crippen molar-refractivity contribution >= 4 is 18.3 Å². The van der Waals surface area contributed by atoms with Crippen molar-refractivity contribution in [3.63, 3.8) is 0 Å². The number of hydrogen-bond acceptors (Lipinski definition) is 4. The van der Waals surface area contributed by atoms with Gasteiger partial charge in [-0.15, -0.1) is 12.4 Å². The fourth-order valence-electron chi connectivity index (χ4n) is 1.11. The average molecular weight is 249 g/mol. The van der Waals surface area contributed by atoms with Crippen molar-refractivity contribution < 1.29 is 9.53 Å². The largest absolute Gasteiger partial charge is 0.383 e. The molecule has 6 nitrogen and oxygen atoms in total. The normalized spacial score (nSPS) is 11.6. The Morgan fingerprint density at radius 3 is 3.00 bits per heavy atom. The fourth-order valence-corrected chi connectivity index (χ4v) is 1.11. The molecule has 0 aliphatic heterocycles. The predicted octanol–water partition coefficient (Wildman–Crippen LogP) is -0.605. The van der Waals surface area contributed by atoms with Gasteiger partial charge in [0.2, 0.25) is 5.91 Å². The monoisotopic (exact) mass is 248 g/mol. The number of amides is 1. The molecule has 1 amide bonds. The number of ether oxygens (including phenoxy) is 1. The van der Waals surface area contributed by atoms with E-state index in [-0.39, 0.29) is 24.9 Å². The van der Waals surface area contributed by atoms with Crippen LogP contribution in [0.25, 0.3) is 0 Å². The Bertz CT molecular complexity index is 292. The molecule has 1 heterocycles. The third-order valence-corrected chi connectivity index (χ3v) is 1.88. The van der Waals surface area contributed by atoms with Gasteiger partial charge in [-0.25, -0.2) is 0 Å². The summed E-state index contributed by atoms with van der Waals surface area (Å²) in [5, 5.41) is 6.70. The smallest absolute Gasteiger partial charge is 0.239 e. The number of carbonyl (C=O) groups is 1. The number of rotatable bonds is 6. The van der Waals surface area contributed by atoms with Crippen LogP contribution in [0, 0.1) is 0 Å². The zero-order chi connectivity index (χ0) is 11.1. The summed E-state index contributed by atoms with van der Waals surface area (Å²) in [6, 6.07) is 1.23. The van der Waals surface area contributed by atoms with E-state index in [9.17, 15) is 4.79 Å². The highest BCUT2D eigenvalue weighted by atomic mass is 35.5. The lowest BCUT2D eigenvalue weighted by Crippen LogP contribution is -2.44. The summed E-state index contributed by atoms with van der Waals surface area (Å²) in [5.74, 6) is -0.205. The van der Waals surface area contributed by atoms with E-state index >= 15 is 0 Å². The predicted molar refractivity (Wildman–Crippen MR) is 62.3 cm³/mol. The molecule has 3 N–H and O–H groups in total. The molecule has 1 aromatic heterocycles. The number of hydrogen-bond donors (Lipinski definition) is 2. The lowest BCUT2D eigenvalue weighted by atomic mass is 10.3. The van der Waals surface area contributed by atoms with Crippen LogP contribution in [-0.2, 0) is 16.1 Å². The Morgan fingerprint density at radius 2 is 2.44 bits per heavy atom.